The van der Waals surface area contributed by atoms with Gasteiger partial charge in [-0.15, -0.1) is 0 Å². The molecule has 2 heterocycles. The van der Waals surface area contributed by atoms with Crippen LogP contribution in [0.1, 0.15) is 0 Å². The number of nitrogens with one attached hydrogen (secondary N) is 1. The number of nitrogens with zero attached hydrogens (tertiary/aromatic N) is 1. The van der Waals surface area contributed by atoms with Gasteiger partial charge >= 0.3 is 5.69 Å². The number of hydrogen-bond acceptors (Lipinski definition) is 6. The Balaban J connectivity index is 2.55. The van der Waals surface area contributed by atoms with Gasteiger partial charge < -0.3 is 20.1 Å². The van der Waals surface area contributed by atoms with Crippen molar-refractivity contribution < 1.29 is 24.4 Å². The summed E-state index contributed by atoms with van der Waals surface area (Å²) in [6, 6.07) is 0. The van der Waals surface area contributed by atoms with Gasteiger partial charge in [-0.1, -0.05) is 0 Å². The van der Waals surface area contributed by atoms with E-state index in [0.717, 1.165) is 6.20 Å². The van der Waals surface area contributed by atoms with Crippen LogP contribution in [0.25, 0.3) is 0 Å². The second-order valence-corrected chi connectivity index (χ2v) is 4.85. The second kappa shape index (κ2) is 4.80. The van der Waals surface area contributed by atoms with E-state index in [1.165, 1.54) is 0 Å². The number of rotatable bonds is 2. The molecule has 2 rings (SSSR count). The summed E-state index contributed by atoms with van der Waals surface area (Å²) in [4.78, 5) is 24.6. The van der Waals surface area contributed by atoms with Crippen LogP contribution in [0, 0.1) is 0 Å². The molecule has 0 bridgehead atoms. The summed E-state index contributed by atoms with van der Waals surface area (Å²) in [6.07, 6.45) is -4.74. The van der Waals surface area contributed by atoms with Crippen LogP contribution in [-0.4, -0.2) is 49.9 Å². The van der Waals surface area contributed by atoms with Gasteiger partial charge in [0.15, 0.2) is 0 Å². The number of H-pyrrole nitrogens is 1. The van der Waals surface area contributed by atoms with Gasteiger partial charge in [-0.05, 0) is 15.9 Å². The van der Waals surface area contributed by atoms with Gasteiger partial charge in [-0.2, -0.15) is 0 Å². The number of aromatic nitrogens is 2. The number of halogens is 2. The maximum atomic E-state index is 13.9. The Morgan fingerprint density at radius 2 is 2.21 bits per heavy atom. The third-order valence-electron chi connectivity index (χ3n) is 2.79. The summed E-state index contributed by atoms with van der Waals surface area (Å²) in [5.41, 5.74) is -1.89. The lowest BCUT2D eigenvalue weighted by atomic mass is 10.1. The molecular weight excluding hydrogens is 331 g/mol. The van der Waals surface area contributed by atoms with Crippen LogP contribution < -0.4 is 11.2 Å². The Labute approximate surface area is 113 Å². The molecule has 1 unspecified atom stereocenters. The van der Waals surface area contributed by atoms with Gasteiger partial charge in [0.1, 0.15) is 12.2 Å². The van der Waals surface area contributed by atoms with Crippen LogP contribution in [0.4, 0.5) is 4.39 Å². The Morgan fingerprint density at radius 1 is 1.58 bits per heavy atom. The standard InChI is InChI=1S/C9H10BrFN2O6/c10-3-1-13(8(17)12-7(3)16)9(18)6(11)5(15)4(2-14)19-9/h1,4-6,14-15,18H,2H2,(H,12,16,17)/t4-,5-,6?,9+/m1/s1. The lowest BCUT2D eigenvalue weighted by molar-refractivity contribution is -0.279. The molecule has 0 amide bonds. The van der Waals surface area contributed by atoms with Crippen molar-refractivity contribution in [3.05, 3.63) is 31.5 Å². The van der Waals surface area contributed by atoms with Crippen LogP contribution in [0.3, 0.4) is 0 Å². The molecular formula is C9H10BrFN2O6. The van der Waals surface area contributed by atoms with E-state index in [0.29, 0.717) is 4.57 Å². The molecule has 1 saturated heterocycles. The van der Waals surface area contributed by atoms with Crippen molar-refractivity contribution in [2.75, 3.05) is 6.61 Å². The molecule has 0 radical (unpaired) electrons. The topological polar surface area (TPSA) is 125 Å². The average Bonchev–Trinajstić information content (AvgIpc) is 2.59. The van der Waals surface area contributed by atoms with Gasteiger partial charge in [0.25, 0.3) is 11.5 Å². The lowest BCUT2D eigenvalue weighted by Gasteiger charge is -2.26. The van der Waals surface area contributed by atoms with E-state index in [4.69, 9.17) is 9.84 Å². The minimum absolute atomic E-state index is 0.140. The van der Waals surface area contributed by atoms with E-state index in [1.54, 1.807) is 0 Å². The molecule has 1 aromatic heterocycles. The summed E-state index contributed by atoms with van der Waals surface area (Å²) in [5.74, 6) is -2.81. The van der Waals surface area contributed by atoms with Crippen molar-refractivity contribution in [1.29, 1.82) is 0 Å². The number of hydrogen-bond donors (Lipinski definition) is 4. The average molecular weight is 341 g/mol. The fourth-order valence-corrected chi connectivity index (χ4v) is 2.09. The molecule has 4 atom stereocenters. The van der Waals surface area contributed by atoms with Crippen LogP contribution >= 0.6 is 15.9 Å². The van der Waals surface area contributed by atoms with Crippen molar-refractivity contribution in [3.8, 4) is 0 Å². The maximum absolute atomic E-state index is 13.9. The Kier molecular flexibility index (Phi) is 3.62. The largest absolute Gasteiger partial charge is 0.394 e. The first-order valence-electron chi connectivity index (χ1n) is 5.16. The molecule has 0 saturated carbocycles. The molecule has 0 aromatic carbocycles. The van der Waals surface area contributed by atoms with E-state index >= 15 is 0 Å². The fraction of sp³-hybridized carbons (Fsp3) is 0.556. The molecule has 1 aliphatic heterocycles. The highest BCUT2D eigenvalue weighted by Gasteiger charge is 2.56. The van der Waals surface area contributed by atoms with Gasteiger partial charge in [0.2, 0.25) is 6.17 Å². The predicted octanol–water partition coefficient (Wildman–Crippen LogP) is -2.01. The van der Waals surface area contributed by atoms with Gasteiger partial charge in [-0.3, -0.25) is 9.78 Å². The monoisotopic (exact) mass is 340 g/mol. The SMILES string of the molecule is O=c1[nH]c(=O)n([C@@]2(O)O[C@H](CO)[C@@H](O)C2F)cc1Br. The number of ether oxygens (including phenoxy) is 1. The van der Waals surface area contributed by atoms with Crippen LogP contribution in [0.15, 0.2) is 20.3 Å². The molecule has 1 aromatic rings. The smallest absolute Gasteiger partial charge is 0.332 e. The Hall–Kier alpha value is -1.07. The predicted molar refractivity (Wildman–Crippen MR) is 62.1 cm³/mol. The third-order valence-corrected chi connectivity index (χ3v) is 3.35. The van der Waals surface area contributed by atoms with Crippen LogP contribution in [0.2, 0.25) is 0 Å². The number of alkyl halides is 1. The Bertz CT molecular complexity index is 603. The summed E-state index contributed by atoms with van der Waals surface area (Å²) in [5, 5.41) is 28.4. The van der Waals surface area contributed by atoms with Gasteiger partial charge in [-0.25, -0.2) is 13.8 Å². The summed E-state index contributed by atoms with van der Waals surface area (Å²) in [6.45, 7) is -0.747. The quantitative estimate of drug-likeness (QED) is 0.493. The molecule has 10 heteroatoms. The molecule has 19 heavy (non-hydrogen) atoms. The number of aliphatic hydroxyl groups is 3. The summed E-state index contributed by atoms with van der Waals surface area (Å²) in [7, 11) is 0. The van der Waals surface area contributed by atoms with E-state index in [1.807, 2.05) is 4.98 Å². The molecule has 0 aliphatic carbocycles. The third kappa shape index (κ3) is 2.15. The molecule has 1 fully saturated rings. The number of aliphatic hydroxyl groups excluding tert-OH is 2. The fourth-order valence-electron chi connectivity index (χ4n) is 1.79. The van der Waals surface area contributed by atoms with E-state index in [9.17, 15) is 24.2 Å². The zero-order valence-electron chi connectivity index (χ0n) is 9.29. The molecule has 0 spiro atoms. The summed E-state index contributed by atoms with van der Waals surface area (Å²) >= 11 is 2.81. The van der Waals surface area contributed by atoms with Crippen molar-refractivity contribution in [2.24, 2.45) is 0 Å². The van der Waals surface area contributed by atoms with Crippen LogP contribution in [0.5, 0.6) is 0 Å². The lowest BCUT2D eigenvalue weighted by Crippen LogP contribution is -2.50. The van der Waals surface area contributed by atoms with E-state index in [2.05, 4.69) is 15.9 Å². The van der Waals surface area contributed by atoms with Crippen molar-refractivity contribution in [3.63, 3.8) is 0 Å². The van der Waals surface area contributed by atoms with Crippen molar-refractivity contribution in [1.82, 2.24) is 9.55 Å². The first-order chi connectivity index (χ1) is 8.81. The normalized spacial score (nSPS) is 34.7. The minimum atomic E-state index is -2.81. The highest BCUT2D eigenvalue weighted by Crippen LogP contribution is 2.34. The van der Waals surface area contributed by atoms with Gasteiger partial charge in [0.05, 0.1) is 11.1 Å². The molecule has 106 valence electrons. The number of aromatic amines is 1. The Morgan fingerprint density at radius 3 is 2.74 bits per heavy atom. The zero-order valence-corrected chi connectivity index (χ0v) is 10.9. The highest BCUT2D eigenvalue weighted by molar-refractivity contribution is 9.10. The van der Waals surface area contributed by atoms with Crippen molar-refractivity contribution in [2.45, 2.75) is 24.3 Å². The first-order valence-corrected chi connectivity index (χ1v) is 5.95. The first kappa shape index (κ1) is 14.3. The van der Waals surface area contributed by atoms with Crippen LogP contribution in [-0.2, 0) is 10.6 Å². The second-order valence-electron chi connectivity index (χ2n) is 4.00. The summed E-state index contributed by atoms with van der Waals surface area (Å²) < 4.78 is 18.9. The zero-order chi connectivity index (χ0) is 14.4. The van der Waals surface area contributed by atoms with E-state index < -0.39 is 42.1 Å². The maximum Gasteiger partial charge on any atom is 0.332 e. The molecule has 4 N–H and O–H groups in total. The molecule has 1 aliphatic rings. The highest BCUT2D eigenvalue weighted by atomic mass is 79.9. The van der Waals surface area contributed by atoms with Gasteiger partial charge in [0, 0.05) is 6.20 Å². The van der Waals surface area contributed by atoms with Crippen molar-refractivity contribution >= 4 is 15.9 Å². The van der Waals surface area contributed by atoms with E-state index in [-0.39, 0.29) is 4.47 Å². The minimum Gasteiger partial charge on any atom is -0.394 e. The molecule has 8 nitrogen and oxygen atoms in total.